The average Bonchev–Trinajstić information content (AvgIpc) is 2.28. The van der Waals surface area contributed by atoms with Crippen molar-refractivity contribution < 1.29 is 14.7 Å². The molecule has 12 heavy (non-hydrogen) atoms. The van der Waals surface area contributed by atoms with Crippen molar-refractivity contribution in [1.29, 1.82) is 0 Å². The molecule has 0 saturated carbocycles. The molecule has 1 N–H and O–H groups in total. The second kappa shape index (κ2) is 2.47. The summed E-state index contributed by atoms with van der Waals surface area (Å²) in [6.45, 7) is 1.81. The fraction of sp³-hybridized carbons (Fsp3) is 0.714. The average molecular weight is 187 g/mol. The second-order valence-corrected chi connectivity index (χ2v) is 4.29. The molecule has 2 aliphatic rings. The van der Waals surface area contributed by atoms with E-state index in [9.17, 15) is 14.7 Å². The largest absolute Gasteiger partial charge is 0.392 e. The molecule has 2 saturated heterocycles. The van der Waals surface area contributed by atoms with E-state index in [1.165, 1.54) is 4.90 Å². The first-order valence-corrected chi connectivity index (χ1v) is 4.67. The highest BCUT2D eigenvalue weighted by atomic mass is 32.2. The van der Waals surface area contributed by atoms with Crippen LogP contribution in [0.1, 0.15) is 6.92 Å². The third-order valence-electron chi connectivity index (χ3n) is 2.25. The van der Waals surface area contributed by atoms with E-state index >= 15 is 0 Å². The van der Waals surface area contributed by atoms with Crippen LogP contribution in [0, 0.1) is 5.92 Å². The number of rotatable bonds is 1. The van der Waals surface area contributed by atoms with Gasteiger partial charge in [-0.2, -0.15) is 0 Å². The van der Waals surface area contributed by atoms with E-state index in [1.54, 1.807) is 6.92 Å². The molecule has 3 atom stereocenters. The number of carbonyl (C=O) groups excluding carboxylic acids is 2. The lowest BCUT2D eigenvalue weighted by Gasteiger charge is -2.42. The SMILES string of the molecule is CC(O)C1C(=O)N2CC(=O)S[C@H]12. The number of aliphatic hydroxyl groups excluding tert-OH is 1. The van der Waals surface area contributed by atoms with Crippen molar-refractivity contribution in [3.63, 3.8) is 0 Å². The molecule has 0 radical (unpaired) electrons. The van der Waals surface area contributed by atoms with Crippen LogP contribution in [0.25, 0.3) is 0 Å². The maximum Gasteiger partial charge on any atom is 0.232 e. The summed E-state index contributed by atoms with van der Waals surface area (Å²) in [5, 5.41) is 9.14. The third-order valence-corrected chi connectivity index (χ3v) is 3.44. The molecule has 1 amide bonds. The monoisotopic (exact) mass is 187 g/mol. The van der Waals surface area contributed by atoms with Crippen molar-refractivity contribution >= 4 is 22.8 Å². The Morgan fingerprint density at radius 3 is 2.92 bits per heavy atom. The van der Waals surface area contributed by atoms with Crippen LogP contribution in [0.3, 0.4) is 0 Å². The lowest BCUT2D eigenvalue weighted by atomic mass is 9.93. The standard InChI is InChI=1S/C7H9NO3S/c1-3(9)5-6(11)8-2-4(10)12-7(5)8/h3,5,7,9H,2H2,1H3/t3?,5?,7-/m1/s1. The number of β-lactam (4-membered cyclic amide) rings is 1. The van der Waals surface area contributed by atoms with Crippen molar-refractivity contribution in [3.8, 4) is 0 Å². The van der Waals surface area contributed by atoms with Gasteiger partial charge in [-0.15, -0.1) is 0 Å². The van der Waals surface area contributed by atoms with Gasteiger partial charge in [0.1, 0.15) is 0 Å². The fourth-order valence-corrected chi connectivity index (χ4v) is 2.89. The molecular formula is C7H9NO3S. The summed E-state index contributed by atoms with van der Waals surface area (Å²) < 4.78 is 0. The van der Waals surface area contributed by atoms with Gasteiger partial charge in [-0.1, -0.05) is 11.8 Å². The number of thioether (sulfide) groups is 1. The van der Waals surface area contributed by atoms with Crippen molar-refractivity contribution in [2.75, 3.05) is 6.54 Å². The first-order valence-electron chi connectivity index (χ1n) is 3.79. The van der Waals surface area contributed by atoms with Gasteiger partial charge in [-0.05, 0) is 6.92 Å². The molecule has 5 heteroatoms. The van der Waals surface area contributed by atoms with Crippen molar-refractivity contribution in [2.45, 2.75) is 18.4 Å². The minimum atomic E-state index is -0.642. The number of hydrogen-bond acceptors (Lipinski definition) is 4. The van der Waals surface area contributed by atoms with E-state index in [2.05, 4.69) is 0 Å². The molecule has 0 aliphatic carbocycles. The van der Waals surface area contributed by atoms with Gasteiger partial charge in [0.25, 0.3) is 0 Å². The highest BCUT2D eigenvalue weighted by molar-refractivity contribution is 8.14. The maximum absolute atomic E-state index is 11.2. The Hall–Kier alpha value is -0.550. The molecule has 0 bridgehead atoms. The van der Waals surface area contributed by atoms with Crippen LogP contribution in [0.5, 0.6) is 0 Å². The van der Waals surface area contributed by atoms with E-state index in [-0.39, 0.29) is 28.9 Å². The van der Waals surface area contributed by atoms with Crippen LogP contribution < -0.4 is 0 Å². The summed E-state index contributed by atoms with van der Waals surface area (Å²) in [6, 6.07) is 0. The summed E-state index contributed by atoms with van der Waals surface area (Å²) in [5.41, 5.74) is 0. The Morgan fingerprint density at radius 2 is 2.33 bits per heavy atom. The van der Waals surface area contributed by atoms with E-state index in [4.69, 9.17) is 0 Å². The highest BCUT2D eigenvalue weighted by Gasteiger charge is 2.55. The zero-order chi connectivity index (χ0) is 8.88. The molecule has 0 spiro atoms. The Bertz CT molecular complexity index is 253. The number of aliphatic hydroxyl groups is 1. The van der Waals surface area contributed by atoms with Crippen molar-refractivity contribution in [3.05, 3.63) is 0 Å². The van der Waals surface area contributed by atoms with Crippen LogP contribution in [-0.4, -0.2) is 39.1 Å². The van der Waals surface area contributed by atoms with Crippen LogP contribution >= 0.6 is 11.8 Å². The van der Waals surface area contributed by atoms with E-state index in [1.807, 2.05) is 0 Å². The molecular weight excluding hydrogens is 178 g/mol. The number of nitrogens with zero attached hydrogens (tertiary/aromatic N) is 1. The van der Waals surface area contributed by atoms with Gasteiger partial charge in [0.2, 0.25) is 11.0 Å². The van der Waals surface area contributed by atoms with Gasteiger partial charge in [0, 0.05) is 0 Å². The molecule has 66 valence electrons. The molecule has 2 unspecified atom stereocenters. The van der Waals surface area contributed by atoms with E-state index in [0.717, 1.165) is 11.8 Å². The van der Waals surface area contributed by atoms with Gasteiger partial charge in [-0.3, -0.25) is 9.59 Å². The molecule has 2 fully saturated rings. The normalized spacial score (nSPS) is 36.3. The van der Waals surface area contributed by atoms with E-state index in [0.29, 0.717) is 0 Å². The van der Waals surface area contributed by atoms with Gasteiger partial charge in [0.15, 0.2) is 0 Å². The minimum Gasteiger partial charge on any atom is -0.392 e. The summed E-state index contributed by atoms with van der Waals surface area (Å²) in [4.78, 5) is 23.7. The fourth-order valence-electron chi connectivity index (χ4n) is 1.61. The molecule has 0 aromatic carbocycles. The summed E-state index contributed by atoms with van der Waals surface area (Å²) in [5.74, 6) is -0.449. The van der Waals surface area contributed by atoms with E-state index < -0.39 is 6.10 Å². The Kier molecular flexibility index (Phi) is 1.66. The van der Waals surface area contributed by atoms with Crippen molar-refractivity contribution in [1.82, 2.24) is 4.90 Å². The van der Waals surface area contributed by atoms with Gasteiger partial charge in [-0.25, -0.2) is 0 Å². The number of amides is 1. The molecule has 2 rings (SSSR count). The van der Waals surface area contributed by atoms with Crippen molar-refractivity contribution in [2.24, 2.45) is 5.92 Å². The first-order chi connectivity index (χ1) is 5.61. The van der Waals surface area contributed by atoms with Crippen LogP contribution in [0.15, 0.2) is 0 Å². The second-order valence-electron chi connectivity index (χ2n) is 3.11. The molecule has 0 aromatic rings. The molecule has 4 nitrogen and oxygen atoms in total. The maximum atomic E-state index is 11.2. The van der Waals surface area contributed by atoms with Gasteiger partial charge < -0.3 is 10.0 Å². The predicted octanol–water partition coefficient (Wildman–Crippen LogP) is -0.575. The zero-order valence-electron chi connectivity index (χ0n) is 6.56. The van der Waals surface area contributed by atoms with Gasteiger partial charge >= 0.3 is 0 Å². The quantitative estimate of drug-likeness (QED) is 0.558. The number of fused-ring (bicyclic) bond motifs is 1. The predicted molar refractivity (Wildman–Crippen MR) is 43.3 cm³/mol. The van der Waals surface area contributed by atoms with Crippen LogP contribution in [-0.2, 0) is 9.59 Å². The first kappa shape index (κ1) is 8.07. The zero-order valence-corrected chi connectivity index (χ0v) is 7.37. The minimum absolute atomic E-state index is 0.0245. The number of carbonyl (C=O) groups is 2. The topological polar surface area (TPSA) is 57.6 Å². The molecule has 0 aromatic heterocycles. The summed E-state index contributed by atoms with van der Waals surface area (Å²) >= 11 is 1.16. The smallest absolute Gasteiger partial charge is 0.232 e. The van der Waals surface area contributed by atoms with Gasteiger partial charge in [0.05, 0.1) is 23.9 Å². The Labute approximate surface area is 73.9 Å². The lowest BCUT2D eigenvalue weighted by Crippen LogP contribution is -2.60. The summed E-state index contributed by atoms with van der Waals surface area (Å²) in [7, 11) is 0. The molecule has 2 aliphatic heterocycles. The summed E-state index contributed by atoms with van der Waals surface area (Å²) in [6.07, 6.45) is -0.642. The molecule has 2 heterocycles. The number of hydrogen-bond donors (Lipinski definition) is 1. The Morgan fingerprint density at radius 1 is 1.67 bits per heavy atom. The lowest BCUT2D eigenvalue weighted by molar-refractivity contribution is -0.156. The highest BCUT2D eigenvalue weighted by Crippen LogP contribution is 2.42. The third kappa shape index (κ3) is 0.895. The Balaban J connectivity index is 2.13. The van der Waals surface area contributed by atoms with Crippen LogP contribution in [0.4, 0.5) is 0 Å². The van der Waals surface area contributed by atoms with Crippen LogP contribution in [0.2, 0.25) is 0 Å².